The van der Waals surface area contributed by atoms with Crippen LogP contribution in [0.3, 0.4) is 0 Å². The number of likely N-dealkylation sites (tertiary alicyclic amines) is 1. The summed E-state index contributed by atoms with van der Waals surface area (Å²) in [6, 6.07) is 11.2. The first-order chi connectivity index (χ1) is 42.5. The number of carbonyl (C=O) groups is 3. The fourth-order valence-electron chi connectivity index (χ4n) is 15.1. The topological polar surface area (TPSA) is 175 Å². The van der Waals surface area contributed by atoms with Gasteiger partial charge >= 0.3 is 12.0 Å². The number of hydrogen-bond acceptors (Lipinski definition) is 14. The number of rotatable bonds is 19. The Kier molecular flexibility index (Phi) is 20.2. The number of nitrogens with one attached hydrogen (secondary N) is 1. The van der Waals surface area contributed by atoms with Gasteiger partial charge in [0, 0.05) is 114 Å². The van der Waals surface area contributed by atoms with Crippen molar-refractivity contribution in [2.24, 2.45) is 23.2 Å². The first-order valence-corrected chi connectivity index (χ1v) is 34.7. The number of imide groups is 1. The summed E-state index contributed by atoms with van der Waals surface area (Å²) in [5.74, 6) is 4.05. The molecule has 2 atom stereocenters. The van der Waals surface area contributed by atoms with Crippen LogP contribution in [0.25, 0.3) is 32.9 Å². The number of hydrogen-bond donors (Lipinski definition) is 2. The first-order valence-electron chi connectivity index (χ1n) is 32.4. The molecule has 1 saturated carbocycles. The monoisotopic (exact) mass is 1240 g/mol. The molecule has 4 saturated heterocycles. The number of β-amino-alcohol motifs (C(OH)–C–C–N with tert-alkyl or cyclic N) is 1. The number of piperazine rings is 1. The molecule has 0 unspecified atom stereocenters. The van der Waals surface area contributed by atoms with Gasteiger partial charge < -0.3 is 43.7 Å². The van der Waals surface area contributed by atoms with Crippen LogP contribution in [0, 0.1) is 46.3 Å². The average molecular weight is 1240 g/mol. The normalized spacial score (nSPS) is 20.3. The number of amides is 4. The Hall–Kier alpha value is -6.50. The van der Waals surface area contributed by atoms with E-state index in [0.717, 1.165) is 52.1 Å². The molecule has 20 heteroatoms. The lowest BCUT2D eigenvalue weighted by Crippen LogP contribution is -2.50. The summed E-state index contributed by atoms with van der Waals surface area (Å²) in [7, 11) is 0.713. The molecular weight excluding hydrogens is 1150 g/mol. The van der Waals surface area contributed by atoms with Crippen molar-refractivity contribution in [1.29, 1.82) is 0 Å². The molecule has 2 aromatic heterocycles. The molecule has 89 heavy (non-hydrogen) atoms. The number of pyridine rings is 1. The lowest BCUT2D eigenvalue weighted by Gasteiger charge is -2.47. The van der Waals surface area contributed by atoms with Crippen molar-refractivity contribution in [3.05, 3.63) is 71.4 Å². The molecule has 5 aromatic rings. The van der Waals surface area contributed by atoms with Crippen LogP contribution in [0.15, 0.2) is 48.7 Å². The van der Waals surface area contributed by atoms with E-state index in [2.05, 4.69) is 82.0 Å². The molecule has 0 radical (unpaired) electrons. The van der Waals surface area contributed by atoms with Crippen LogP contribution in [0.4, 0.5) is 25.1 Å². The van der Waals surface area contributed by atoms with Crippen LogP contribution >= 0.6 is 0 Å². The first kappa shape index (κ1) is 65.4. The van der Waals surface area contributed by atoms with Gasteiger partial charge in [0.15, 0.2) is 12.6 Å². The molecule has 3 aromatic carbocycles. The van der Waals surface area contributed by atoms with Gasteiger partial charge in [-0.3, -0.25) is 24.8 Å². The van der Waals surface area contributed by atoms with E-state index in [4.69, 9.17) is 33.9 Å². The molecule has 10 rings (SSSR count). The molecule has 4 amide bonds. The van der Waals surface area contributed by atoms with E-state index in [1.807, 2.05) is 9.80 Å². The van der Waals surface area contributed by atoms with Crippen molar-refractivity contribution in [2.45, 2.75) is 142 Å². The maximum atomic E-state index is 18.0. The second-order valence-corrected chi connectivity index (χ2v) is 33.1. The molecule has 4 aliphatic heterocycles. The summed E-state index contributed by atoms with van der Waals surface area (Å²) in [6.45, 7) is 28.0. The Balaban J connectivity index is 0.810. The van der Waals surface area contributed by atoms with E-state index < -0.39 is 31.3 Å². The smallest absolute Gasteiger partial charge is 0.328 e. The number of ether oxygens (including phenoxy) is 4. The number of methoxy groups -OCH3 is 2. The Morgan fingerprint density at radius 3 is 2.20 bits per heavy atom. The predicted octanol–water partition coefficient (Wildman–Crippen LogP) is 11.9. The molecule has 1 spiro atoms. The predicted molar refractivity (Wildman–Crippen MR) is 347 cm³/mol. The van der Waals surface area contributed by atoms with Gasteiger partial charge in [-0.1, -0.05) is 67.4 Å². The summed E-state index contributed by atoms with van der Waals surface area (Å²) < 4.78 is 58.0. The number of anilines is 2. The lowest BCUT2D eigenvalue weighted by molar-refractivity contribution is -0.120. The van der Waals surface area contributed by atoms with E-state index in [-0.39, 0.29) is 78.2 Å². The third kappa shape index (κ3) is 14.2. The Morgan fingerprint density at radius 2 is 1.55 bits per heavy atom. The third-order valence-corrected chi connectivity index (χ3v) is 26.7. The number of aromatic nitrogens is 3. The Morgan fingerprint density at radius 1 is 0.843 bits per heavy atom. The van der Waals surface area contributed by atoms with Crippen LogP contribution in [0.1, 0.15) is 136 Å². The molecule has 0 bridgehead atoms. The van der Waals surface area contributed by atoms with E-state index in [1.54, 1.807) is 49.5 Å². The molecule has 6 heterocycles. The molecule has 5 aliphatic rings. The van der Waals surface area contributed by atoms with Crippen molar-refractivity contribution in [3.63, 3.8) is 0 Å². The fourth-order valence-corrected chi connectivity index (χ4v) is 20.3. The van der Waals surface area contributed by atoms with Crippen molar-refractivity contribution in [1.82, 2.24) is 35.0 Å². The molecule has 1 aliphatic carbocycles. The highest BCUT2D eigenvalue weighted by molar-refractivity contribution is 6.90. The second kappa shape index (κ2) is 27.5. The average Bonchev–Trinajstić information content (AvgIpc) is 1.13. The van der Waals surface area contributed by atoms with Gasteiger partial charge in [0.1, 0.15) is 42.4 Å². The largest absolute Gasteiger partial charge is 0.495 e. The summed E-state index contributed by atoms with van der Waals surface area (Å²) in [5, 5.41) is 15.1. The second-order valence-electron chi connectivity index (χ2n) is 27.5. The summed E-state index contributed by atoms with van der Waals surface area (Å²) >= 11 is 0. The number of benzene rings is 3. The van der Waals surface area contributed by atoms with Crippen LogP contribution in [-0.2, 0) is 9.53 Å². The lowest BCUT2D eigenvalue weighted by atomic mass is 9.65. The zero-order chi connectivity index (χ0) is 63.5. The minimum absolute atomic E-state index is 0.00265. The van der Waals surface area contributed by atoms with Crippen LogP contribution in [-0.4, -0.2) is 166 Å². The highest BCUT2D eigenvalue weighted by Crippen LogP contribution is 2.48. The van der Waals surface area contributed by atoms with Crippen LogP contribution in [0.2, 0.25) is 16.6 Å². The molecule has 5 fully saturated rings. The fraction of sp³-hybridized carbons (Fsp3) is 0.594. The minimum Gasteiger partial charge on any atom is -0.495 e. The van der Waals surface area contributed by atoms with Gasteiger partial charge in [-0.2, -0.15) is 9.97 Å². The zero-order valence-electron chi connectivity index (χ0n) is 54.3. The Bertz CT molecular complexity index is 3430. The van der Waals surface area contributed by atoms with Gasteiger partial charge in [-0.05, 0) is 134 Å². The van der Waals surface area contributed by atoms with E-state index in [1.165, 1.54) is 50.9 Å². The summed E-state index contributed by atoms with van der Waals surface area (Å²) in [4.78, 5) is 63.6. The number of piperidine rings is 2. The van der Waals surface area contributed by atoms with E-state index in [0.29, 0.717) is 112 Å². The third-order valence-electron chi connectivity index (χ3n) is 20.4. The quantitative estimate of drug-likeness (QED) is 0.0454. The van der Waals surface area contributed by atoms with Crippen molar-refractivity contribution in [3.8, 4) is 40.2 Å². The van der Waals surface area contributed by atoms with E-state index >= 15 is 8.78 Å². The van der Waals surface area contributed by atoms with Crippen molar-refractivity contribution in [2.75, 3.05) is 109 Å². The van der Waals surface area contributed by atoms with Gasteiger partial charge in [-0.15, -0.1) is 5.54 Å². The molecular formula is C69H93F2N9O8Si. The van der Waals surface area contributed by atoms with Gasteiger partial charge in [-0.25, -0.2) is 13.6 Å². The van der Waals surface area contributed by atoms with Gasteiger partial charge in [0.2, 0.25) is 5.91 Å². The highest BCUT2D eigenvalue weighted by atomic mass is 28.3. The molecule has 480 valence electrons. The zero-order valence-corrected chi connectivity index (χ0v) is 55.3. The van der Waals surface area contributed by atoms with E-state index in [9.17, 15) is 19.5 Å². The number of fused-ring (bicyclic) bond motifs is 2. The maximum absolute atomic E-state index is 18.0. The molecule has 17 nitrogen and oxygen atoms in total. The van der Waals surface area contributed by atoms with Gasteiger partial charge in [0.25, 0.3) is 5.91 Å². The van der Waals surface area contributed by atoms with Crippen LogP contribution in [0.5, 0.6) is 17.5 Å². The number of aliphatic hydroxyl groups is 1. The van der Waals surface area contributed by atoms with Crippen LogP contribution < -0.4 is 29.3 Å². The Labute approximate surface area is 525 Å². The number of carbonyl (C=O) groups excluding carboxylic acids is 3. The minimum atomic E-state index is -2.34. The summed E-state index contributed by atoms with van der Waals surface area (Å²) in [5.41, 5.74) is 5.27. The maximum Gasteiger partial charge on any atom is 0.328 e. The van der Waals surface area contributed by atoms with Gasteiger partial charge in [0.05, 0.1) is 36.0 Å². The number of halogens is 2. The SMILES string of the molecule is COCOc1cc(-c2ncc3c(N4CCC[C@@](C)(O)C4)nc(OC[C@@H](CN4CCN(CC5CCC6(CC5)CCN(C(=O)c5ccc(OC)c(N7CCC(=O)NC7=O)c5)CC6)CC4)C(C)C)nc3c2F)c2c(C#C[Si](C(C)C)(C(C)C)C(C)C)c(F)ccc2c1. The summed E-state index contributed by atoms with van der Waals surface area (Å²) in [6.07, 6.45) is 9.73. The standard InChI is InChI=1S/C69H93F2N9O8Si/c1-44(2)51(40-77-32-30-76(31-33-77)39-48-17-22-69(23-18-48)24-28-78(29-25-69)65(82)50-14-16-58(86-11)57(36-50)80-27-19-59(81)73-67(80)83)41-87-66-74-63-55(64(75-66)79-26-12-21-68(9,84)42-79)38-72-62(61(63)71)54-37-52(88-43-85-10)35-49-13-15-56(70)53(60(49)54)20-34-89(45(3)4,46(5)6)47(7)8/h13-16,35-38,44-48,51,84H,12,17-19,21-33,39-43H2,1-11H3,(H,73,81,83)/t51-,68-/m1/s1. The number of urea groups is 1. The van der Waals surface area contributed by atoms with Crippen molar-refractivity contribution >= 4 is 59.1 Å². The molecule has 2 N–H and O–H groups in total. The van der Waals surface area contributed by atoms with Crippen molar-refractivity contribution < 1.29 is 47.2 Å². The number of nitrogens with zero attached hydrogens (tertiary/aromatic N) is 8. The highest BCUT2D eigenvalue weighted by Gasteiger charge is 2.43.